The highest BCUT2D eigenvalue weighted by Gasteiger charge is 2.35. The Morgan fingerprint density at radius 2 is 1.56 bits per heavy atom. The van der Waals surface area contributed by atoms with Crippen molar-refractivity contribution in [1.29, 1.82) is 0 Å². The highest BCUT2D eigenvalue weighted by molar-refractivity contribution is 6.13. The zero-order valence-electron chi connectivity index (χ0n) is 18.8. The fraction of sp³-hybridized carbons (Fsp3) is 0.619. The zero-order valence-corrected chi connectivity index (χ0v) is 18.8. The lowest BCUT2D eigenvalue weighted by Gasteiger charge is -2.30. The van der Waals surface area contributed by atoms with E-state index in [0.717, 1.165) is 4.90 Å². The average molecular weight is 451 g/mol. The van der Waals surface area contributed by atoms with Crippen molar-refractivity contribution in [3.63, 3.8) is 0 Å². The Hall–Kier alpha value is -3.08. The fourth-order valence-electron chi connectivity index (χ4n) is 3.14. The van der Waals surface area contributed by atoms with Crippen LogP contribution >= 0.6 is 0 Å². The highest BCUT2D eigenvalue weighted by Crippen LogP contribution is 2.20. The molecule has 0 saturated carbocycles. The van der Waals surface area contributed by atoms with Gasteiger partial charge in [0, 0.05) is 50.1 Å². The van der Waals surface area contributed by atoms with E-state index >= 15 is 0 Å². The number of ether oxygens (including phenoxy) is 1. The van der Waals surface area contributed by atoms with E-state index in [0.29, 0.717) is 11.5 Å². The van der Waals surface area contributed by atoms with Crippen LogP contribution in [-0.2, 0) is 38.3 Å². The van der Waals surface area contributed by atoms with Gasteiger partial charge in [0.25, 0.3) is 23.6 Å². The van der Waals surface area contributed by atoms with E-state index < -0.39 is 40.7 Å². The van der Waals surface area contributed by atoms with Crippen molar-refractivity contribution in [1.82, 2.24) is 15.3 Å². The van der Waals surface area contributed by atoms with E-state index in [4.69, 9.17) is 9.57 Å². The molecule has 1 N–H and O–H groups in total. The van der Waals surface area contributed by atoms with Crippen molar-refractivity contribution in [3.05, 3.63) is 12.2 Å². The van der Waals surface area contributed by atoms with Gasteiger partial charge in [0.15, 0.2) is 0 Å². The molecule has 5 amide bonds. The monoisotopic (exact) mass is 451 g/mol. The van der Waals surface area contributed by atoms with Crippen LogP contribution in [0.5, 0.6) is 0 Å². The Morgan fingerprint density at radius 1 is 1.00 bits per heavy atom. The van der Waals surface area contributed by atoms with Gasteiger partial charge in [0.1, 0.15) is 0 Å². The lowest BCUT2D eigenvalue weighted by molar-refractivity contribution is -0.200. The molecular formula is C21H29N3O8. The predicted octanol–water partition coefficient (Wildman–Crippen LogP) is 0.379. The van der Waals surface area contributed by atoms with Crippen LogP contribution in [0.3, 0.4) is 0 Å². The molecule has 0 aromatic carbocycles. The second-order valence-electron chi connectivity index (χ2n) is 8.92. The smallest absolute Gasteiger partial charge is 0.336 e. The lowest BCUT2D eigenvalue weighted by Crippen LogP contribution is -2.46. The molecule has 2 aliphatic heterocycles. The number of amides is 5. The van der Waals surface area contributed by atoms with Crippen LogP contribution in [0.25, 0.3) is 0 Å². The number of imide groups is 2. The van der Waals surface area contributed by atoms with Gasteiger partial charge in [-0.25, -0.2) is 4.79 Å². The molecule has 2 aliphatic rings. The van der Waals surface area contributed by atoms with Crippen LogP contribution in [0.4, 0.5) is 0 Å². The van der Waals surface area contributed by atoms with Crippen molar-refractivity contribution in [2.24, 2.45) is 0 Å². The molecule has 1 fully saturated rings. The molecule has 0 unspecified atom stereocenters. The summed E-state index contributed by atoms with van der Waals surface area (Å²) in [6, 6.07) is 0. The minimum absolute atomic E-state index is 0.000244. The molecular weight excluding hydrogens is 422 g/mol. The third kappa shape index (κ3) is 7.26. The van der Waals surface area contributed by atoms with Crippen molar-refractivity contribution in [2.45, 2.75) is 70.9 Å². The first kappa shape index (κ1) is 25.2. The average Bonchev–Trinajstić information content (AvgIpc) is 3.14. The molecule has 0 aromatic rings. The molecule has 0 atom stereocenters. The third-order valence-corrected chi connectivity index (χ3v) is 4.93. The van der Waals surface area contributed by atoms with Crippen LogP contribution in [0, 0.1) is 0 Å². The number of hydrogen-bond acceptors (Lipinski definition) is 8. The molecule has 1 saturated heterocycles. The molecule has 11 nitrogen and oxygen atoms in total. The molecule has 176 valence electrons. The minimum atomic E-state index is -0.924. The van der Waals surface area contributed by atoms with E-state index in [9.17, 15) is 28.8 Å². The molecule has 0 aromatic heterocycles. The van der Waals surface area contributed by atoms with Gasteiger partial charge in [0.05, 0.1) is 12.0 Å². The number of carbonyl (C=O) groups is 6. The number of hydrogen-bond donors (Lipinski definition) is 1. The number of carbonyl (C=O) groups excluding carboxylic acids is 6. The maximum absolute atomic E-state index is 12.2. The van der Waals surface area contributed by atoms with Crippen LogP contribution in [0.1, 0.15) is 59.8 Å². The Morgan fingerprint density at radius 3 is 2.12 bits per heavy atom. The second kappa shape index (κ2) is 10.0. The second-order valence-corrected chi connectivity index (χ2v) is 8.92. The number of hydroxylamine groups is 2. The maximum Gasteiger partial charge on any atom is 0.336 e. The van der Waals surface area contributed by atoms with E-state index in [1.165, 1.54) is 12.2 Å². The first-order chi connectivity index (χ1) is 14.8. The van der Waals surface area contributed by atoms with Crippen molar-refractivity contribution >= 4 is 35.5 Å². The SMILES string of the molecule is CC(C)(CCOC(C)(C)CC(=O)ON1C(=O)CCC1=O)NC(=O)CCN1C(=O)C=CC1=O. The normalized spacial score (nSPS) is 16.9. The van der Waals surface area contributed by atoms with E-state index in [1.54, 1.807) is 27.7 Å². The number of rotatable bonds is 11. The van der Waals surface area contributed by atoms with Crippen LogP contribution in [-0.4, -0.2) is 69.8 Å². The van der Waals surface area contributed by atoms with Crippen molar-refractivity contribution < 1.29 is 38.3 Å². The summed E-state index contributed by atoms with van der Waals surface area (Å²) in [5.41, 5.74) is -1.56. The van der Waals surface area contributed by atoms with Gasteiger partial charge in [-0.3, -0.25) is 28.9 Å². The number of nitrogens with one attached hydrogen (secondary N) is 1. The van der Waals surface area contributed by atoms with Gasteiger partial charge in [-0.1, -0.05) is 0 Å². The zero-order chi connectivity index (χ0) is 24.1. The van der Waals surface area contributed by atoms with E-state index in [2.05, 4.69) is 5.32 Å². The molecule has 11 heteroatoms. The van der Waals surface area contributed by atoms with E-state index in [1.807, 2.05) is 0 Å². The summed E-state index contributed by atoms with van der Waals surface area (Å²) < 4.78 is 5.76. The van der Waals surface area contributed by atoms with Gasteiger partial charge in [0.2, 0.25) is 5.91 Å². The summed E-state index contributed by atoms with van der Waals surface area (Å²) in [7, 11) is 0. The summed E-state index contributed by atoms with van der Waals surface area (Å²) >= 11 is 0. The molecule has 2 rings (SSSR count). The molecule has 0 radical (unpaired) electrons. The first-order valence-corrected chi connectivity index (χ1v) is 10.3. The van der Waals surface area contributed by atoms with Gasteiger partial charge in [-0.2, -0.15) is 0 Å². The first-order valence-electron chi connectivity index (χ1n) is 10.3. The topological polar surface area (TPSA) is 139 Å². The summed E-state index contributed by atoms with van der Waals surface area (Å²) in [6.07, 6.45) is 2.60. The molecule has 32 heavy (non-hydrogen) atoms. The predicted molar refractivity (Wildman–Crippen MR) is 109 cm³/mol. The summed E-state index contributed by atoms with van der Waals surface area (Å²) in [5.74, 6) is -3.04. The summed E-state index contributed by atoms with van der Waals surface area (Å²) in [6.45, 7) is 7.15. The third-order valence-electron chi connectivity index (χ3n) is 4.93. The lowest BCUT2D eigenvalue weighted by atomic mass is 10.00. The Balaban J connectivity index is 1.71. The summed E-state index contributed by atoms with van der Waals surface area (Å²) in [4.78, 5) is 76.3. The molecule has 0 spiro atoms. The fourth-order valence-corrected chi connectivity index (χ4v) is 3.14. The number of nitrogens with zero attached hydrogens (tertiary/aromatic N) is 2. The largest absolute Gasteiger partial charge is 0.375 e. The van der Waals surface area contributed by atoms with Crippen LogP contribution in [0.2, 0.25) is 0 Å². The molecule has 0 bridgehead atoms. The maximum atomic E-state index is 12.2. The minimum Gasteiger partial charge on any atom is -0.375 e. The quantitative estimate of drug-likeness (QED) is 0.445. The van der Waals surface area contributed by atoms with Crippen LogP contribution in [0.15, 0.2) is 12.2 Å². The highest BCUT2D eigenvalue weighted by atomic mass is 16.7. The van der Waals surface area contributed by atoms with Crippen molar-refractivity contribution in [2.75, 3.05) is 13.2 Å². The van der Waals surface area contributed by atoms with Gasteiger partial charge < -0.3 is 14.9 Å². The summed E-state index contributed by atoms with van der Waals surface area (Å²) in [5, 5.41) is 3.33. The van der Waals surface area contributed by atoms with Crippen molar-refractivity contribution in [3.8, 4) is 0 Å². The van der Waals surface area contributed by atoms with Gasteiger partial charge in [-0.15, -0.1) is 5.06 Å². The Bertz CT molecular complexity index is 812. The standard InChI is InChI=1S/C21H29N3O8/c1-20(2,22-14(25)9-11-23-15(26)5-6-16(23)27)10-12-31-21(3,4)13-19(30)32-24-17(28)7-8-18(24)29/h5-6H,7-13H2,1-4H3,(H,22,25). The van der Waals surface area contributed by atoms with Crippen LogP contribution < -0.4 is 5.32 Å². The Labute approximate surface area is 186 Å². The van der Waals surface area contributed by atoms with E-state index in [-0.39, 0.29) is 44.7 Å². The van der Waals surface area contributed by atoms with Gasteiger partial charge >= 0.3 is 5.97 Å². The van der Waals surface area contributed by atoms with Gasteiger partial charge in [-0.05, 0) is 34.1 Å². The Kier molecular flexibility index (Phi) is 7.89. The molecule has 0 aliphatic carbocycles. The molecule has 2 heterocycles.